The Morgan fingerprint density at radius 3 is 2.29 bits per heavy atom. The summed E-state index contributed by atoms with van der Waals surface area (Å²) in [5, 5.41) is 5.82. The summed E-state index contributed by atoms with van der Waals surface area (Å²) in [7, 11) is 0. The highest BCUT2D eigenvalue weighted by Crippen LogP contribution is 2.33. The van der Waals surface area contributed by atoms with Crippen molar-refractivity contribution in [2.75, 3.05) is 0 Å². The average molecular weight is 258 g/mol. The zero-order chi connectivity index (χ0) is 13.4. The summed E-state index contributed by atoms with van der Waals surface area (Å²) in [5.74, 6) is -1.36. The van der Waals surface area contributed by atoms with Crippen molar-refractivity contribution in [1.82, 2.24) is 15.0 Å². The molecule has 0 saturated carbocycles. The SMILES string of the molecule is CC(n1nnc(C(N)=O)c1C(F)F)C(F)(F)F. The van der Waals surface area contributed by atoms with Crippen molar-refractivity contribution >= 4 is 5.91 Å². The number of rotatable bonds is 3. The maximum Gasteiger partial charge on any atom is 0.410 e. The van der Waals surface area contributed by atoms with Gasteiger partial charge in [-0.15, -0.1) is 5.10 Å². The van der Waals surface area contributed by atoms with Gasteiger partial charge >= 0.3 is 6.18 Å². The Hall–Kier alpha value is -1.74. The molecular formula is C7H7F5N4O. The number of aromatic nitrogens is 3. The van der Waals surface area contributed by atoms with Crippen molar-refractivity contribution in [3.8, 4) is 0 Å². The first kappa shape index (κ1) is 13.3. The number of alkyl halides is 5. The standard InChI is InChI=1S/C7H7F5N4O/c1-2(7(10,11)12)16-4(5(8)9)3(6(13)17)14-15-16/h2,5H,1H3,(H2,13,17). The van der Waals surface area contributed by atoms with Crippen LogP contribution in [0, 0.1) is 0 Å². The number of nitrogens with zero attached hydrogens (tertiary/aromatic N) is 3. The summed E-state index contributed by atoms with van der Waals surface area (Å²) in [5.41, 5.74) is 2.51. The van der Waals surface area contributed by atoms with Crippen LogP contribution in [0.1, 0.15) is 35.6 Å². The Kier molecular flexibility index (Phi) is 3.34. The second-order valence-electron chi connectivity index (χ2n) is 3.15. The monoisotopic (exact) mass is 258 g/mol. The van der Waals surface area contributed by atoms with Crippen LogP contribution in [0.5, 0.6) is 0 Å². The molecule has 0 fully saturated rings. The van der Waals surface area contributed by atoms with E-state index in [-0.39, 0.29) is 4.68 Å². The summed E-state index contributed by atoms with van der Waals surface area (Å²) in [6, 6.07) is -2.33. The lowest BCUT2D eigenvalue weighted by atomic mass is 10.2. The zero-order valence-corrected chi connectivity index (χ0v) is 8.37. The highest BCUT2D eigenvalue weighted by Gasteiger charge is 2.41. The van der Waals surface area contributed by atoms with Crippen LogP contribution >= 0.6 is 0 Å². The lowest BCUT2D eigenvalue weighted by molar-refractivity contribution is -0.166. The number of carbonyl (C=O) groups is 1. The van der Waals surface area contributed by atoms with Gasteiger partial charge in [0.1, 0.15) is 11.7 Å². The van der Waals surface area contributed by atoms with Crippen LogP contribution in [-0.2, 0) is 0 Å². The molecule has 0 aliphatic heterocycles. The molecule has 0 aliphatic rings. The first-order valence-corrected chi connectivity index (χ1v) is 4.26. The maximum atomic E-state index is 12.6. The third-order valence-electron chi connectivity index (χ3n) is 2.01. The van der Waals surface area contributed by atoms with Gasteiger partial charge in [0.2, 0.25) is 0 Å². The van der Waals surface area contributed by atoms with E-state index in [2.05, 4.69) is 10.3 Å². The first-order chi connectivity index (χ1) is 7.66. The van der Waals surface area contributed by atoms with Crippen molar-refractivity contribution in [3.05, 3.63) is 11.4 Å². The molecule has 17 heavy (non-hydrogen) atoms. The van der Waals surface area contributed by atoms with Crippen LogP contribution < -0.4 is 5.73 Å². The van der Waals surface area contributed by atoms with E-state index in [1.807, 2.05) is 0 Å². The van der Waals surface area contributed by atoms with E-state index >= 15 is 0 Å². The highest BCUT2D eigenvalue weighted by molar-refractivity contribution is 5.91. The molecule has 0 spiro atoms. The van der Waals surface area contributed by atoms with Gasteiger partial charge in [0, 0.05) is 0 Å². The van der Waals surface area contributed by atoms with Crippen LogP contribution in [0.15, 0.2) is 0 Å². The fourth-order valence-electron chi connectivity index (χ4n) is 1.10. The summed E-state index contributed by atoms with van der Waals surface area (Å²) >= 11 is 0. The number of nitrogens with two attached hydrogens (primary N) is 1. The molecule has 1 amide bonds. The molecule has 0 saturated heterocycles. The molecule has 0 bridgehead atoms. The molecule has 1 rings (SSSR count). The van der Waals surface area contributed by atoms with Crippen molar-refractivity contribution in [2.24, 2.45) is 5.73 Å². The van der Waals surface area contributed by atoms with Gasteiger partial charge in [0.25, 0.3) is 12.3 Å². The van der Waals surface area contributed by atoms with Crippen LogP contribution in [-0.4, -0.2) is 27.1 Å². The molecule has 1 unspecified atom stereocenters. The predicted molar refractivity (Wildman–Crippen MR) is 44.3 cm³/mol. The van der Waals surface area contributed by atoms with Crippen molar-refractivity contribution in [2.45, 2.75) is 25.6 Å². The molecule has 5 nitrogen and oxygen atoms in total. The Morgan fingerprint density at radius 2 is 1.94 bits per heavy atom. The Bertz CT molecular complexity index is 426. The molecule has 1 atom stereocenters. The van der Waals surface area contributed by atoms with Gasteiger partial charge in [-0.3, -0.25) is 4.79 Å². The van der Waals surface area contributed by atoms with Gasteiger partial charge < -0.3 is 5.73 Å². The first-order valence-electron chi connectivity index (χ1n) is 4.26. The molecule has 0 radical (unpaired) electrons. The number of amides is 1. The van der Waals surface area contributed by atoms with Gasteiger partial charge in [-0.25, -0.2) is 13.5 Å². The van der Waals surface area contributed by atoms with E-state index in [0.717, 1.165) is 0 Å². The van der Waals surface area contributed by atoms with E-state index in [1.54, 1.807) is 0 Å². The van der Waals surface area contributed by atoms with Crippen molar-refractivity contribution < 1.29 is 26.7 Å². The molecule has 1 aromatic rings. The minimum absolute atomic E-state index is 0.0508. The number of halogens is 5. The minimum Gasteiger partial charge on any atom is -0.364 e. The van der Waals surface area contributed by atoms with Gasteiger partial charge in [0.05, 0.1) is 0 Å². The van der Waals surface area contributed by atoms with E-state index in [4.69, 9.17) is 5.73 Å². The third kappa shape index (κ3) is 2.50. The quantitative estimate of drug-likeness (QED) is 0.833. The fourth-order valence-corrected chi connectivity index (χ4v) is 1.10. The molecular weight excluding hydrogens is 251 g/mol. The van der Waals surface area contributed by atoms with Gasteiger partial charge in [-0.1, -0.05) is 5.21 Å². The van der Waals surface area contributed by atoms with Crippen LogP contribution in [0.4, 0.5) is 22.0 Å². The van der Waals surface area contributed by atoms with Crippen LogP contribution in [0.3, 0.4) is 0 Å². The van der Waals surface area contributed by atoms with Gasteiger partial charge in [0.15, 0.2) is 5.69 Å². The third-order valence-corrected chi connectivity index (χ3v) is 2.01. The van der Waals surface area contributed by atoms with Crippen LogP contribution in [0.25, 0.3) is 0 Å². The fraction of sp³-hybridized carbons (Fsp3) is 0.571. The van der Waals surface area contributed by atoms with E-state index in [0.29, 0.717) is 6.92 Å². The summed E-state index contributed by atoms with van der Waals surface area (Å²) in [6.07, 6.45) is -8.12. The van der Waals surface area contributed by atoms with E-state index < -0.39 is 35.9 Å². The lowest BCUT2D eigenvalue weighted by Crippen LogP contribution is -2.27. The second kappa shape index (κ2) is 4.26. The number of hydrogen-bond donors (Lipinski definition) is 1. The van der Waals surface area contributed by atoms with Crippen molar-refractivity contribution in [1.29, 1.82) is 0 Å². The molecule has 0 aromatic carbocycles. The largest absolute Gasteiger partial charge is 0.410 e. The molecule has 0 aliphatic carbocycles. The Labute approximate surface area is 91.4 Å². The highest BCUT2D eigenvalue weighted by atomic mass is 19.4. The molecule has 1 aromatic heterocycles. The smallest absolute Gasteiger partial charge is 0.364 e. The summed E-state index contributed by atoms with van der Waals surface area (Å²) in [6.45, 7) is 0.616. The zero-order valence-electron chi connectivity index (χ0n) is 8.37. The molecule has 10 heteroatoms. The normalized spacial score (nSPS) is 14.1. The number of primary amides is 1. The maximum absolute atomic E-state index is 12.6. The summed E-state index contributed by atoms with van der Waals surface area (Å²) in [4.78, 5) is 10.7. The van der Waals surface area contributed by atoms with E-state index in [1.165, 1.54) is 0 Å². The minimum atomic E-state index is -4.79. The average Bonchev–Trinajstić information content (AvgIpc) is 2.58. The number of hydrogen-bond acceptors (Lipinski definition) is 3. The second-order valence-corrected chi connectivity index (χ2v) is 3.15. The molecule has 2 N–H and O–H groups in total. The lowest BCUT2D eigenvalue weighted by Gasteiger charge is -2.17. The number of carbonyl (C=O) groups excluding carboxylic acids is 1. The van der Waals surface area contributed by atoms with E-state index in [9.17, 15) is 26.7 Å². The Balaban J connectivity index is 3.31. The summed E-state index contributed by atoms with van der Waals surface area (Å²) < 4.78 is 62.1. The topological polar surface area (TPSA) is 73.8 Å². The van der Waals surface area contributed by atoms with Crippen molar-refractivity contribution in [3.63, 3.8) is 0 Å². The Morgan fingerprint density at radius 1 is 1.41 bits per heavy atom. The predicted octanol–water partition coefficient (Wildman–Crippen LogP) is 1.44. The molecule has 1 heterocycles. The van der Waals surface area contributed by atoms with Crippen LogP contribution in [0.2, 0.25) is 0 Å². The molecule has 96 valence electrons. The van der Waals surface area contributed by atoms with Gasteiger partial charge in [-0.2, -0.15) is 13.2 Å². The van der Waals surface area contributed by atoms with Gasteiger partial charge in [-0.05, 0) is 6.92 Å².